The van der Waals surface area contributed by atoms with E-state index in [0.717, 1.165) is 29.2 Å². The summed E-state index contributed by atoms with van der Waals surface area (Å²) in [5.41, 5.74) is 0.0708. The fourth-order valence-corrected chi connectivity index (χ4v) is 3.18. The smallest absolute Gasteiger partial charge is 0.338 e. The zero-order valence-electron chi connectivity index (χ0n) is 14.8. The highest BCUT2D eigenvalue weighted by molar-refractivity contribution is 9.10. The Labute approximate surface area is 172 Å². The third kappa shape index (κ3) is 4.76. The highest BCUT2D eigenvalue weighted by Gasteiger charge is 2.35. The van der Waals surface area contributed by atoms with Gasteiger partial charge in [-0.25, -0.2) is 4.79 Å². The molecule has 2 aromatic carbocycles. The van der Waals surface area contributed by atoms with Gasteiger partial charge in [0.2, 0.25) is 0 Å². The van der Waals surface area contributed by atoms with Gasteiger partial charge >= 0.3 is 12.2 Å². The minimum absolute atomic E-state index is 0.129. The van der Waals surface area contributed by atoms with E-state index in [1.54, 1.807) is 18.2 Å². The molecule has 1 heterocycles. The zero-order chi connectivity index (χ0) is 21.2. The number of alkyl halides is 3. The van der Waals surface area contributed by atoms with Crippen molar-refractivity contribution in [3.8, 4) is 0 Å². The van der Waals surface area contributed by atoms with Gasteiger partial charge in [0.25, 0.3) is 11.8 Å². The molecule has 0 unspecified atom stereocenters. The van der Waals surface area contributed by atoms with E-state index in [1.165, 1.54) is 0 Å². The van der Waals surface area contributed by atoms with Crippen molar-refractivity contribution in [2.45, 2.75) is 12.6 Å². The molecule has 0 radical (unpaired) electrons. The van der Waals surface area contributed by atoms with Crippen molar-refractivity contribution in [1.82, 2.24) is 10.2 Å². The number of fused-ring (bicyclic) bond motifs is 1. The Morgan fingerprint density at radius 2 is 1.66 bits per heavy atom. The average molecular weight is 470 g/mol. The van der Waals surface area contributed by atoms with Gasteiger partial charge in [0.05, 0.1) is 16.7 Å². The van der Waals surface area contributed by atoms with Crippen molar-refractivity contribution >= 4 is 39.5 Å². The number of carbonyl (C=O) groups is 3. The van der Waals surface area contributed by atoms with Crippen LogP contribution >= 0.6 is 15.9 Å². The third-order valence-corrected chi connectivity index (χ3v) is 4.74. The van der Waals surface area contributed by atoms with Crippen molar-refractivity contribution in [3.05, 3.63) is 63.6 Å². The molecule has 152 valence electrons. The number of benzene rings is 2. The van der Waals surface area contributed by atoms with Gasteiger partial charge in [0, 0.05) is 23.2 Å². The second kappa shape index (κ2) is 8.24. The fourth-order valence-electron chi connectivity index (χ4n) is 2.82. The quantitative estimate of drug-likeness (QED) is 0.506. The Morgan fingerprint density at radius 3 is 2.31 bits per heavy atom. The van der Waals surface area contributed by atoms with Gasteiger partial charge in [0.1, 0.15) is 0 Å². The molecule has 0 bridgehead atoms. The van der Waals surface area contributed by atoms with E-state index in [1.807, 2.05) is 0 Å². The number of amides is 4. The van der Waals surface area contributed by atoms with Crippen LogP contribution in [0.1, 0.15) is 32.7 Å². The second-order valence-electron chi connectivity index (χ2n) is 6.26. The molecular weight excluding hydrogens is 455 g/mol. The molecule has 1 aliphatic rings. The van der Waals surface area contributed by atoms with Crippen LogP contribution in [-0.4, -0.2) is 35.8 Å². The molecule has 0 spiro atoms. The number of hydrogen-bond donors (Lipinski definition) is 2. The number of nitrogens with one attached hydrogen (secondary N) is 2. The lowest BCUT2D eigenvalue weighted by Crippen LogP contribution is -2.35. The van der Waals surface area contributed by atoms with E-state index in [-0.39, 0.29) is 30.6 Å². The monoisotopic (exact) mass is 469 g/mol. The third-order valence-electron chi connectivity index (χ3n) is 4.25. The van der Waals surface area contributed by atoms with E-state index in [0.29, 0.717) is 22.0 Å². The van der Waals surface area contributed by atoms with Crippen LogP contribution in [0.2, 0.25) is 0 Å². The molecule has 2 aromatic rings. The van der Waals surface area contributed by atoms with Gasteiger partial charge < -0.3 is 10.6 Å². The Bertz CT molecular complexity index is 961. The van der Waals surface area contributed by atoms with Crippen molar-refractivity contribution < 1.29 is 27.6 Å². The molecular formula is C19H15BrF3N3O3. The molecule has 0 aliphatic carbocycles. The Hall–Kier alpha value is -2.88. The molecule has 29 heavy (non-hydrogen) atoms. The molecule has 0 saturated heterocycles. The molecule has 2 N–H and O–H groups in total. The number of anilines is 1. The van der Waals surface area contributed by atoms with E-state index >= 15 is 0 Å². The zero-order valence-corrected chi connectivity index (χ0v) is 16.4. The standard InChI is InChI=1S/C19H15BrF3N3O3/c20-12-4-7-14-15(10-12)17(28)26(16(14)27)9-1-8-24-18(29)25-13-5-2-11(3-6-13)19(21,22)23/h2-7,10H,1,8-9H2,(H2,24,25,29). The normalized spacial score (nSPS) is 13.4. The first-order valence-corrected chi connectivity index (χ1v) is 9.34. The van der Waals surface area contributed by atoms with Crippen LogP contribution in [0.15, 0.2) is 46.9 Å². The minimum atomic E-state index is -4.44. The van der Waals surface area contributed by atoms with Gasteiger partial charge in [-0.05, 0) is 48.9 Å². The number of imide groups is 1. The van der Waals surface area contributed by atoms with Crippen molar-refractivity contribution in [2.24, 2.45) is 0 Å². The van der Waals surface area contributed by atoms with Gasteiger partial charge in [-0.1, -0.05) is 15.9 Å². The molecule has 3 rings (SSSR count). The summed E-state index contributed by atoms with van der Waals surface area (Å²) >= 11 is 3.26. The van der Waals surface area contributed by atoms with Crippen molar-refractivity contribution in [3.63, 3.8) is 0 Å². The predicted octanol–water partition coefficient (Wildman–Crippen LogP) is 4.28. The maximum Gasteiger partial charge on any atom is 0.416 e. The number of halogens is 4. The summed E-state index contributed by atoms with van der Waals surface area (Å²) in [6, 6.07) is 8.29. The van der Waals surface area contributed by atoms with Gasteiger partial charge in [-0.2, -0.15) is 13.2 Å². The number of hydrogen-bond acceptors (Lipinski definition) is 3. The Morgan fingerprint density at radius 1 is 1.00 bits per heavy atom. The lowest BCUT2D eigenvalue weighted by atomic mass is 10.1. The average Bonchev–Trinajstić information content (AvgIpc) is 2.89. The molecule has 4 amide bonds. The maximum absolute atomic E-state index is 12.5. The Balaban J connectivity index is 1.45. The highest BCUT2D eigenvalue weighted by atomic mass is 79.9. The molecule has 6 nitrogen and oxygen atoms in total. The SMILES string of the molecule is O=C(NCCCN1C(=O)c2ccc(Br)cc2C1=O)Nc1ccc(C(F)(F)F)cc1. The summed E-state index contributed by atoms with van der Waals surface area (Å²) in [5, 5.41) is 4.95. The summed E-state index contributed by atoms with van der Waals surface area (Å²) in [4.78, 5) is 37.6. The number of nitrogens with zero attached hydrogens (tertiary/aromatic N) is 1. The first-order chi connectivity index (χ1) is 13.7. The Kier molecular flexibility index (Phi) is 5.92. The van der Waals surface area contributed by atoms with E-state index in [4.69, 9.17) is 0 Å². The molecule has 0 aromatic heterocycles. The largest absolute Gasteiger partial charge is 0.416 e. The highest BCUT2D eigenvalue weighted by Crippen LogP contribution is 2.30. The number of carbonyl (C=O) groups excluding carboxylic acids is 3. The summed E-state index contributed by atoms with van der Waals surface area (Å²) in [7, 11) is 0. The molecule has 10 heteroatoms. The first kappa shape index (κ1) is 20.8. The van der Waals surface area contributed by atoms with Crippen LogP contribution < -0.4 is 10.6 Å². The second-order valence-corrected chi connectivity index (χ2v) is 7.18. The van der Waals surface area contributed by atoms with Crippen LogP contribution in [0, 0.1) is 0 Å². The van der Waals surface area contributed by atoms with Crippen LogP contribution in [-0.2, 0) is 6.18 Å². The van der Waals surface area contributed by atoms with Gasteiger partial charge in [-0.15, -0.1) is 0 Å². The van der Waals surface area contributed by atoms with E-state index in [9.17, 15) is 27.6 Å². The number of urea groups is 1. The van der Waals surface area contributed by atoms with Crippen molar-refractivity contribution in [2.75, 3.05) is 18.4 Å². The summed E-state index contributed by atoms with van der Waals surface area (Å²) in [6.07, 6.45) is -4.12. The molecule has 0 fully saturated rings. The summed E-state index contributed by atoms with van der Waals surface area (Å²) in [6.45, 7) is 0.300. The van der Waals surface area contributed by atoms with E-state index in [2.05, 4.69) is 26.6 Å². The summed E-state index contributed by atoms with van der Waals surface area (Å²) < 4.78 is 38.3. The van der Waals surface area contributed by atoms with Gasteiger partial charge in [-0.3, -0.25) is 14.5 Å². The van der Waals surface area contributed by atoms with Crippen molar-refractivity contribution in [1.29, 1.82) is 0 Å². The predicted molar refractivity (Wildman–Crippen MR) is 103 cm³/mol. The van der Waals surface area contributed by atoms with Crippen LogP contribution in [0.5, 0.6) is 0 Å². The summed E-state index contributed by atoms with van der Waals surface area (Å²) in [5.74, 6) is -0.771. The van der Waals surface area contributed by atoms with Crippen LogP contribution in [0.3, 0.4) is 0 Å². The van der Waals surface area contributed by atoms with Gasteiger partial charge in [0.15, 0.2) is 0 Å². The molecule has 0 saturated carbocycles. The van der Waals surface area contributed by atoms with Crippen LogP contribution in [0.4, 0.5) is 23.7 Å². The number of rotatable bonds is 5. The maximum atomic E-state index is 12.5. The molecule has 0 atom stereocenters. The fraction of sp³-hybridized carbons (Fsp3) is 0.211. The topological polar surface area (TPSA) is 78.5 Å². The lowest BCUT2D eigenvalue weighted by molar-refractivity contribution is -0.137. The van der Waals surface area contributed by atoms with E-state index < -0.39 is 17.8 Å². The molecule has 1 aliphatic heterocycles. The first-order valence-electron chi connectivity index (χ1n) is 8.54. The van der Waals surface area contributed by atoms with Crippen LogP contribution in [0.25, 0.3) is 0 Å². The lowest BCUT2D eigenvalue weighted by Gasteiger charge is -2.14. The minimum Gasteiger partial charge on any atom is -0.338 e.